The van der Waals surface area contributed by atoms with E-state index in [-0.39, 0.29) is 0 Å². The summed E-state index contributed by atoms with van der Waals surface area (Å²) in [4.78, 5) is 3.83. The maximum atomic E-state index is 8.64. The van der Waals surface area contributed by atoms with Crippen molar-refractivity contribution in [3.05, 3.63) is 36.7 Å². The van der Waals surface area contributed by atoms with E-state index in [0.29, 0.717) is 5.75 Å². The van der Waals surface area contributed by atoms with Crippen molar-refractivity contribution in [1.29, 1.82) is 0 Å². The molecule has 0 aliphatic heterocycles. The van der Waals surface area contributed by atoms with Crippen LogP contribution in [-0.4, -0.2) is 22.4 Å². The van der Waals surface area contributed by atoms with E-state index in [1.807, 2.05) is 0 Å². The number of aryl methyl sites for hydroxylation is 1. The van der Waals surface area contributed by atoms with Crippen LogP contribution in [0.4, 0.5) is 0 Å². The van der Waals surface area contributed by atoms with Crippen LogP contribution in [0.3, 0.4) is 0 Å². The normalized spacial score (nSPS) is 9.57. The third-order valence-electron chi connectivity index (χ3n) is 1.72. The van der Waals surface area contributed by atoms with E-state index in [1.54, 1.807) is 18.3 Å². The highest BCUT2D eigenvalue weighted by Gasteiger charge is 2.13. The van der Waals surface area contributed by atoms with Crippen molar-refractivity contribution in [3.63, 3.8) is 0 Å². The van der Waals surface area contributed by atoms with Crippen molar-refractivity contribution in [3.8, 4) is 5.75 Å². The van der Waals surface area contributed by atoms with Crippen LogP contribution < -0.4 is 4.65 Å². The molecule has 4 nitrogen and oxygen atoms in total. The van der Waals surface area contributed by atoms with E-state index >= 15 is 0 Å². The van der Waals surface area contributed by atoms with Crippen LogP contribution in [0.2, 0.25) is 0 Å². The number of aromatic nitrogens is 1. The molecule has 0 aliphatic rings. The van der Waals surface area contributed by atoms with Gasteiger partial charge < -0.3 is 14.7 Å². The topological polar surface area (TPSA) is 62.6 Å². The molecular formula is C9H12BNO3. The Hall–Kier alpha value is -1.33. The molecule has 0 saturated heterocycles. The predicted octanol–water partition coefficient (Wildman–Crippen LogP) is 0.548. The standard InChI is InChI=1S/C9H12BNO3/c1-2-3-4-8-5-6-11-7-9(8)14-10(12)13/h2,5-7,12-13H,1,3-4H2. The molecule has 0 fully saturated rings. The lowest BCUT2D eigenvalue weighted by atomic mass is 10.1. The molecule has 1 rings (SSSR count). The SMILES string of the molecule is C=CCCc1ccncc1OB(O)O. The van der Waals surface area contributed by atoms with Gasteiger partial charge in [-0.05, 0) is 24.5 Å². The first-order valence-electron chi connectivity index (χ1n) is 4.30. The molecule has 14 heavy (non-hydrogen) atoms. The number of allylic oxidation sites excluding steroid dienone is 1. The zero-order chi connectivity index (χ0) is 10.4. The van der Waals surface area contributed by atoms with Crippen LogP contribution in [0.5, 0.6) is 5.75 Å². The van der Waals surface area contributed by atoms with E-state index in [9.17, 15) is 0 Å². The largest absolute Gasteiger partial charge is 0.707 e. The highest BCUT2D eigenvalue weighted by atomic mass is 16.6. The Morgan fingerprint density at radius 2 is 2.36 bits per heavy atom. The van der Waals surface area contributed by atoms with Gasteiger partial charge in [-0.2, -0.15) is 0 Å². The fraction of sp³-hybridized carbons (Fsp3) is 0.222. The summed E-state index contributed by atoms with van der Waals surface area (Å²) in [7, 11) is -1.80. The molecule has 0 saturated carbocycles. The van der Waals surface area contributed by atoms with Gasteiger partial charge in [0.05, 0.1) is 6.20 Å². The Labute approximate surface area is 83.1 Å². The number of pyridine rings is 1. The highest BCUT2D eigenvalue weighted by molar-refractivity contribution is 6.33. The molecule has 0 radical (unpaired) electrons. The minimum absolute atomic E-state index is 0.393. The molecule has 2 N–H and O–H groups in total. The van der Waals surface area contributed by atoms with Crippen molar-refractivity contribution in [2.24, 2.45) is 0 Å². The summed E-state index contributed by atoms with van der Waals surface area (Å²) in [6, 6.07) is 1.78. The van der Waals surface area contributed by atoms with Crippen LogP contribution in [0, 0.1) is 0 Å². The van der Waals surface area contributed by atoms with Crippen molar-refractivity contribution in [2.75, 3.05) is 0 Å². The van der Waals surface area contributed by atoms with Gasteiger partial charge >= 0.3 is 7.32 Å². The number of hydrogen-bond acceptors (Lipinski definition) is 4. The molecule has 0 atom stereocenters. The molecule has 0 spiro atoms. The Bertz CT molecular complexity index is 304. The predicted molar refractivity (Wildman–Crippen MR) is 53.6 cm³/mol. The molecule has 74 valence electrons. The Kier molecular flexibility index (Phi) is 4.16. The summed E-state index contributed by atoms with van der Waals surface area (Å²) in [5, 5.41) is 17.3. The zero-order valence-corrected chi connectivity index (χ0v) is 7.76. The van der Waals surface area contributed by atoms with Crippen LogP contribution in [0.1, 0.15) is 12.0 Å². The van der Waals surface area contributed by atoms with E-state index in [1.165, 1.54) is 6.20 Å². The van der Waals surface area contributed by atoms with Gasteiger partial charge in [-0.1, -0.05) is 6.08 Å². The lowest BCUT2D eigenvalue weighted by molar-refractivity contribution is 0.286. The second-order valence-electron chi connectivity index (χ2n) is 2.75. The number of rotatable bonds is 5. The molecule has 0 amide bonds. The molecular weight excluding hydrogens is 181 g/mol. The molecule has 1 aromatic heterocycles. The first kappa shape index (κ1) is 10.8. The second-order valence-corrected chi connectivity index (χ2v) is 2.75. The molecule has 0 bridgehead atoms. The summed E-state index contributed by atoms with van der Waals surface area (Å²) < 4.78 is 4.76. The van der Waals surface area contributed by atoms with Gasteiger partial charge in [0.2, 0.25) is 0 Å². The summed E-state index contributed by atoms with van der Waals surface area (Å²) in [5.74, 6) is 0.393. The lowest BCUT2D eigenvalue weighted by Crippen LogP contribution is -2.21. The summed E-state index contributed by atoms with van der Waals surface area (Å²) in [6.07, 6.45) is 6.43. The van der Waals surface area contributed by atoms with Gasteiger partial charge in [-0.15, -0.1) is 6.58 Å². The minimum atomic E-state index is -1.80. The van der Waals surface area contributed by atoms with Gasteiger partial charge in [0.1, 0.15) is 5.75 Å². The maximum Gasteiger partial charge on any atom is 0.707 e. The molecule has 5 heteroatoms. The fourth-order valence-electron chi connectivity index (χ4n) is 1.09. The average molecular weight is 193 g/mol. The molecule has 1 aromatic rings. The Morgan fingerprint density at radius 3 is 3.00 bits per heavy atom. The van der Waals surface area contributed by atoms with Crippen molar-refractivity contribution in [1.82, 2.24) is 4.98 Å². The van der Waals surface area contributed by atoms with E-state index < -0.39 is 7.32 Å². The maximum absolute atomic E-state index is 8.64. The minimum Gasteiger partial charge on any atom is -0.510 e. The third-order valence-corrected chi connectivity index (χ3v) is 1.72. The van der Waals surface area contributed by atoms with Gasteiger partial charge in [0.25, 0.3) is 0 Å². The fourth-order valence-corrected chi connectivity index (χ4v) is 1.09. The molecule has 0 unspecified atom stereocenters. The van der Waals surface area contributed by atoms with Crippen molar-refractivity contribution in [2.45, 2.75) is 12.8 Å². The molecule has 1 heterocycles. The second kappa shape index (κ2) is 5.41. The van der Waals surface area contributed by atoms with Gasteiger partial charge in [-0.25, -0.2) is 0 Å². The van der Waals surface area contributed by atoms with Crippen molar-refractivity contribution < 1.29 is 14.7 Å². The smallest absolute Gasteiger partial charge is 0.510 e. The van der Waals surface area contributed by atoms with Gasteiger partial charge in [0.15, 0.2) is 0 Å². The quantitative estimate of drug-likeness (QED) is 0.529. The average Bonchev–Trinajstić information content (AvgIpc) is 2.16. The lowest BCUT2D eigenvalue weighted by Gasteiger charge is -2.08. The monoisotopic (exact) mass is 193 g/mol. The highest BCUT2D eigenvalue weighted by Crippen LogP contribution is 2.18. The van der Waals surface area contributed by atoms with Gasteiger partial charge in [0, 0.05) is 6.20 Å². The van der Waals surface area contributed by atoms with Crippen LogP contribution >= 0.6 is 0 Å². The first-order valence-corrected chi connectivity index (χ1v) is 4.30. The molecule has 0 aliphatic carbocycles. The number of hydrogen-bond donors (Lipinski definition) is 2. The summed E-state index contributed by atoms with van der Waals surface area (Å²) in [5.41, 5.74) is 0.882. The van der Waals surface area contributed by atoms with E-state index in [2.05, 4.69) is 11.6 Å². The Morgan fingerprint density at radius 1 is 1.57 bits per heavy atom. The Balaban J connectivity index is 2.74. The zero-order valence-electron chi connectivity index (χ0n) is 7.76. The molecule has 0 aromatic carbocycles. The number of nitrogens with zero attached hydrogens (tertiary/aromatic N) is 1. The summed E-state index contributed by atoms with van der Waals surface area (Å²) in [6.45, 7) is 3.61. The summed E-state index contributed by atoms with van der Waals surface area (Å²) >= 11 is 0. The van der Waals surface area contributed by atoms with E-state index in [0.717, 1.165) is 18.4 Å². The third kappa shape index (κ3) is 3.20. The van der Waals surface area contributed by atoms with E-state index in [4.69, 9.17) is 14.7 Å². The van der Waals surface area contributed by atoms with Crippen LogP contribution in [0.25, 0.3) is 0 Å². The van der Waals surface area contributed by atoms with Gasteiger partial charge in [-0.3, -0.25) is 4.98 Å². The first-order chi connectivity index (χ1) is 6.74. The van der Waals surface area contributed by atoms with Crippen LogP contribution in [0.15, 0.2) is 31.1 Å². The van der Waals surface area contributed by atoms with Crippen LogP contribution in [-0.2, 0) is 6.42 Å². The van der Waals surface area contributed by atoms with Crippen molar-refractivity contribution >= 4 is 7.32 Å².